The summed E-state index contributed by atoms with van der Waals surface area (Å²) in [7, 11) is 1.77. The van der Waals surface area contributed by atoms with Crippen molar-refractivity contribution in [2.24, 2.45) is 0 Å². The van der Waals surface area contributed by atoms with Gasteiger partial charge in [-0.1, -0.05) is 23.4 Å². The molecule has 9 heteroatoms. The highest BCUT2D eigenvalue weighted by Gasteiger charge is 2.18. The summed E-state index contributed by atoms with van der Waals surface area (Å²) in [4.78, 5) is 34.6. The Kier molecular flexibility index (Phi) is 6.30. The van der Waals surface area contributed by atoms with Gasteiger partial charge in [-0.05, 0) is 38.5 Å². The van der Waals surface area contributed by atoms with Crippen LogP contribution in [-0.2, 0) is 17.9 Å². The average molecular weight is 442 g/mol. The first kappa shape index (κ1) is 20.4. The maximum absolute atomic E-state index is 12.8. The second-order valence-corrected chi connectivity index (χ2v) is 10.1. The Morgan fingerprint density at radius 1 is 1.33 bits per heavy atom. The molecular weight excluding hydrogens is 422 g/mol. The number of amides is 1. The lowest BCUT2D eigenvalue weighted by atomic mass is 10.2. The Morgan fingerprint density at radius 3 is 2.70 bits per heavy atom. The van der Waals surface area contributed by atoms with Crippen LogP contribution in [0, 0.1) is 13.8 Å². The Morgan fingerprint density at radius 2 is 2.07 bits per heavy atom. The van der Waals surface area contributed by atoms with Gasteiger partial charge in [0.2, 0.25) is 5.91 Å². The summed E-state index contributed by atoms with van der Waals surface area (Å²) in [6.07, 6.45) is 0. The summed E-state index contributed by atoms with van der Waals surface area (Å²) < 4.78 is 2.37. The fraction of sp³-hybridized carbons (Fsp3) is 0.389. The van der Waals surface area contributed by atoms with Crippen LogP contribution in [0.2, 0.25) is 4.34 Å². The maximum atomic E-state index is 12.8. The minimum atomic E-state index is -0.0270. The van der Waals surface area contributed by atoms with Crippen LogP contribution in [0.1, 0.15) is 22.2 Å². The van der Waals surface area contributed by atoms with Crippen LogP contribution in [-0.4, -0.2) is 33.2 Å². The second kappa shape index (κ2) is 8.34. The molecule has 3 aromatic rings. The molecule has 0 radical (unpaired) electrons. The van der Waals surface area contributed by atoms with Crippen LogP contribution < -0.4 is 5.56 Å². The third kappa shape index (κ3) is 4.23. The molecule has 0 aliphatic rings. The minimum Gasteiger partial charge on any atom is -0.340 e. The van der Waals surface area contributed by atoms with Crippen molar-refractivity contribution in [1.29, 1.82) is 0 Å². The van der Waals surface area contributed by atoms with Gasteiger partial charge in [0.05, 0.1) is 22.0 Å². The molecule has 3 rings (SSSR count). The molecule has 0 bridgehead atoms. The number of halogens is 1. The van der Waals surface area contributed by atoms with E-state index >= 15 is 0 Å². The van der Waals surface area contributed by atoms with Gasteiger partial charge in [-0.15, -0.1) is 22.7 Å². The zero-order valence-corrected chi connectivity index (χ0v) is 18.7. The molecule has 0 N–H and O–H groups in total. The average Bonchev–Trinajstić information content (AvgIpc) is 3.15. The van der Waals surface area contributed by atoms with E-state index in [-0.39, 0.29) is 17.2 Å². The summed E-state index contributed by atoms with van der Waals surface area (Å²) in [5, 5.41) is 1.29. The van der Waals surface area contributed by atoms with Gasteiger partial charge in [-0.3, -0.25) is 14.2 Å². The third-order valence-electron chi connectivity index (χ3n) is 4.34. The lowest BCUT2D eigenvalue weighted by Crippen LogP contribution is -2.28. The summed E-state index contributed by atoms with van der Waals surface area (Å²) in [5.41, 5.74) is 0.970. The predicted molar refractivity (Wildman–Crippen MR) is 116 cm³/mol. The number of carbonyl (C=O) groups is 1. The highest BCUT2D eigenvalue weighted by molar-refractivity contribution is 7.99. The first-order valence-corrected chi connectivity index (χ1v) is 11.4. The van der Waals surface area contributed by atoms with Crippen LogP contribution in [0.15, 0.2) is 22.1 Å². The molecule has 0 saturated carbocycles. The van der Waals surface area contributed by atoms with E-state index < -0.39 is 0 Å². The topological polar surface area (TPSA) is 55.2 Å². The standard InChI is InChI=1S/C18H20ClN3O2S3/c1-5-22-17(24)15-10(2)11(3)26-16(15)20-18(22)25-9-14(23)21(4)8-12-6-7-13(19)27-12/h6-7H,5,8-9H2,1-4H3. The van der Waals surface area contributed by atoms with Gasteiger partial charge in [0.15, 0.2) is 5.16 Å². The molecule has 0 aromatic carbocycles. The Balaban J connectivity index is 1.78. The molecule has 144 valence electrons. The van der Waals surface area contributed by atoms with E-state index in [0.717, 1.165) is 20.1 Å². The van der Waals surface area contributed by atoms with E-state index in [2.05, 4.69) is 4.98 Å². The number of thioether (sulfide) groups is 1. The quantitative estimate of drug-likeness (QED) is 0.415. The molecule has 3 heterocycles. The molecule has 0 fully saturated rings. The monoisotopic (exact) mass is 441 g/mol. The molecule has 0 unspecified atom stereocenters. The highest BCUT2D eigenvalue weighted by Crippen LogP contribution is 2.28. The Bertz CT molecular complexity index is 1050. The van der Waals surface area contributed by atoms with Gasteiger partial charge in [0, 0.05) is 23.3 Å². The van der Waals surface area contributed by atoms with Crippen molar-refractivity contribution in [3.8, 4) is 0 Å². The van der Waals surface area contributed by atoms with Crippen LogP contribution in [0.25, 0.3) is 10.2 Å². The predicted octanol–water partition coefficient (Wildman–Crippen LogP) is 4.56. The Hall–Kier alpha value is -1.35. The lowest BCUT2D eigenvalue weighted by molar-refractivity contribution is -0.127. The number of thiophene rings is 2. The molecule has 0 aliphatic heterocycles. The number of hydrogen-bond donors (Lipinski definition) is 0. The number of carbonyl (C=O) groups excluding carboxylic acids is 1. The third-order valence-corrected chi connectivity index (χ3v) is 7.62. The molecular formula is C18H20ClN3O2S3. The van der Waals surface area contributed by atoms with Crippen molar-refractivity contribution in [2.45, 2.75) is 39.0 Å². The van der Waals surface area contributed by atoms with Crippen molar-refractivity contribution in [1.82, 2.24) is 14.5 Å². The van der Waals surface area contributed by atoms with Crippen molar-refractivity contribution < 1.29 is 4.79 Å². The van der Waals surface area contributed by atoms with Gasteiger partial charge in [0.1, 0.15) is 4.83 Å². The summed E-state index contributed by atoms with van der Waals surface area (Å²) in [6, 6.07) is 3.76. The van der Waals surface area contributed by atoms with Gasteiger partial charge >= 0.3 is 0 Å². The van der Waals surface area contributed by atoms with E-state index in [1.165, 1.54) is 34.4 Å². The molecule has 0 aliphatic carbocycles. The summed E-state index contributed by atoms with van der Waals surface area (Å²) in [5.74, 6) is 0.219. The molecule has 1 amide bonds. The van der Waals surface area contributed by atoms with Crippen LogP contribution in [0.4, 0.5) is 0 Å². The first-order chi connectivity index (χ1) is 12.8. The highest BCUT2D eigenvalue weighted by atomic mass is 35.5. The lowest BCUT2D eigenvalue weighted by Gasteiger charge is -2.16. The zero-order valence-electron chi connectivity index (χ0n) is 15.5. The molecule has 0 atom stereocenters. The molecule has 3 aromatic heterocycles. The van der Waals surface area contributed by atoms with Crippen molar-refractivity contribution in [3.05, 3.63) is 42.1 Å². The van der Waals surface area contributed by atoms with Gasteiger partial charge < -0.3 is 4.90 Å². The first-order valence-electron chi connectivity index (χ1n) is 8.43. The fourth-order valence-corrected chi connectivity index (χ4v) is 5.91. The van der Waals surface area contributed by atoms with Crippen LogP contribution in [0.3, 0.4) is 0 Å². The number of rotatable bonds is 6. The zero-order chi connectivity index (χ0) is 19.7. The molecule has 5 nitrogen and oxygen atoms in total. The van der Waals surface area contributed by atoms with Crippen molar-refractivity contribution in [3.63, 3.8) is 0 Å². The molecule has 27 heavy (non-hydrogen) atoms. The van der Waals surface area contributed by atoms with E-state index in [1.54, 1.807) is 16.5 Å². The molecule has 0 spiro atoms. The normalized spacial score (nSPS) is 11.3. The van der Waals surface area contributed by atoms with E-state index in [9.17, 15) is 9.59 Å². The number of aromatic nitrogens is 2. The minimum absolute atomic E-state index is 0.0138. The number of aryl methyl sites for hydroxylation is 2. The SMILES string of the molecule is CCn1c(SCC(=O)N(C)Cc2ccc(Cl)s2)nc2sc(C)c(C)c2c1=O. The van der Waals surface area contributed by atoms with E-state index in [1.807, 2.05) is 32.9 Å². The maximum Gasteiger partial charge on any atom is 0.263 e. The number of hydrogen-bond acceptors (Lipinski definition) is 6. The van der Waals surface area contributed by atoms with Gasteiger partial charge in [0.25, 0.3) is 5.56 Å². The molecule has 0 saturated heterocycles. The van der Waals surface area contributed by atoms with Crippen LogP contribution >= 0.6 is 46.0 Å². The van der Waals surface area contributed by atoms with Crippen molar-refractivity contribution >= 4 is 62.2 Å². The second-order valence-electron chi connectivity index (χ2n) is 6.15. The van der Waals surface area contributed by atoms with Crippen LogP contribution in [0.5, 0.6) is 0 Å². The van der Waals surface area contributed by atoms with Crippen molar-refractivity contribution in [2.75, 3.05) is 12.8 Å². The fourth-order valence-electron chi connectivity index (χ4n) is 2.69. The largest absolute Gasteiger partial charge is 0.340 e. The summed E-state index contributed by atoms with van der Waals surface area (Å²) >= 11 is 10.3. The Labute approximate surface area is 175 Å². The number of nitrogens with zero attached hydrogens (tertiary/aromatic N) is 3. The number of fused-ring (bicyclic) bond motifs is 1. The van der Waals surface area contributed by atoms with E-state index in [4.69, 9.17) is 11.6 Å². The summed E-state index contributed by atoms with van der Waals surface area (Å²) in [6.45, 7) is 6.92. The van der Waals surface area contributed by atoms with E-state index in [0.29, 0.717) is 28.0 Å². The van der Waals surface area contributed by atoms with Gasteiger partial charge in [-0.25, -0.2) is 4.98 Å². The smallest absolute Gasteiger partial charge is 0.263 e. The van der Waals surface area contributed by atoms with Gasteiger partial charge in [-0.2, -0.15) is 0 Å².